The lowest BCUT2D eigenvalue weighted by Crippen LogP contribution is -2.31. The Hall–Kier alpha value is -2.65. The molecule has 1 atom stereocenters. The molecule has 1 aromatic heterocycles. The van der Waals surface area contributed by atoms with Gasteiger partial charge in [0.2, 0.25) is 5.09 Å². The number of hydrogen-bond donors (Lipinski definition) is 3. The van der Waals surface area contributed by atoms with Gasteiger partial charge in [-0.25, -0.2) is 13.1 Å². The first-order valence-corrected chi connectivity index (χ1v) is 8.84. The van der Waals surface area contributed by atoms with Crippen LogP contribution in [-0.4, -0.2) is 39.0 Å². The number of carboxylic acids is 1. The molecule has 1 unspecified atom stereocenters. The number of benzene rings is 1. The average molecular weight is 366 g/mol. The van der Waals surface area contributed by atoms with Gasteiger partial charge in [0, 0.05) is 12.6 Å². The van der Waals surface area contributed by atoms with Gasteiger partial charge in [-0.05, 0) is 19.5 Å². The van der Waals surface area contributed by atoms with Gasteiger partial charge in [-0.15, -0.1) is 0 Å². The summed E-state index contributed by atoms with van der Waals surface area (Å²) in [7, 11) is -2.59. The minimum absolute atomic E-state index is 0.0334. The number of carbonyl (C=O) groups is 2. The molecule has 2 rings (SSSR count). The summed E-state index contributed by atoms with van der Waals surface area (Å²) >= 11 is 0. The van der Waals surface area contributed by atoms with E-state index < -0.39 is 27.8 Å². The van der Waals surface area contributed by atoms with Gasteiger partial charge in [0.05, 0.1) is 11.5 Å². The van der Waals surface area contributed by atoms with Gasteiger partial charge >= 0.3 is 5.97 Å². The van der Waals surface area contributed by atoms with Crippen molar-refractivity contribution in [3.8, 4) is 0 Å². The lowest BCUT2D eigenvalue weighted by atomic mass is 9.99. The molecule has 3 N–H and O–H groups in total. The maximum atomic E-state index is 12.3. The average Bonchev–Trinajstić information content (AvgIpc) is 2.98. The molecule has 0 saturated heterocycles. The Morgan fingerprint density at radius 3 is 2.44 bits per heavy atom. The van der Waals surface area contributed by atoms with Crippen LogP contribution in [0.25, 0.3) is 0 Å². The Kier molecular flexibility index (Phi) is 5.60. The zero-order valence-corrected chi connectivity index (χ0v) is 14.5. The SMILES string of the molecule is CNS(=O)(=O)c1cc(C(=O)NCC(C(=O)O)c2ccccc2)c(C)o1. The highest BCUT2D eigenvalue weighted by molar-refractivity contribution is 7.89. The van der Waals surface area contributed by atoms with E-state index in [4.69, 9.17) is 4.42 Å². The number of carbonyl (C=O) groups excluding carboxylic acids is 1. The molecule has 0 aliphatic heterocycles. The van der Waals surface area contributed by atoms with Crippen LogP contribution in [-0.2, 0) is 14.8 Å². The van der Waals surface area contributed by atoms with Crippen LogP contribution >= 0.6 is 0 Å². The van der Waals surface area contributed by atoms with Crippen LogP contribution in [0.2, 0.25) is 0 Å². The second-order valence-electron chi connectivity index (χ2n) is 5.25. The zero-order chi connectivity index (χ0) is 18.6. The molecule has 2 aromatic rings. The second-order valence-corrected chi connectivity index (χ2v) is 7.07. The lowest BCUT2D eigenvalue weighted by molar-refractivity contribution is -0.138. The minimum atomic E-state index is -3.81. The summed E-state index contributed by atoms with van der Waals surface area (Å²) in [6.07, 6.45) is 0. The summed E-state index contributed by atoms with van der Waals surface area (Å²) in [5, 5.41) is 11.5. The van der Waals surface area contributed by atoms with Gasteiger partial charge in [0.15, 0.2) is 0 Å². The quantitative estimate of drug-likeness (QED) is 0.673. The van der Waals surface area contributed by atoms with E-state index in [9.17, 15) is 23.1 Å². The standard InChI is InChI=1S/C16H18N2O6S/c1-10-12(8-14(24-10)25(22,23)17-2)15(19)18-9-13(16(20)21)11-6-4-3-5-7-11/h3-8,13,17H,9H2,1-2H3,(H,18,19)(H,20,21). The van der Waals surface area contributed by atoms with Crippen molar-refractivity contribution >= 4 is 21.9 Å². The molecule has 1 amide bonds. The van der Waals surface area contributed by atoms with Gasteiger partial charge in [-0.3, -0.25) is 9.59 Å². The van der Waals surface area contributed by atoms with Crippen LogP contribution in [0.1, 0.15) is 27.6 Å². The van der Waals surface area contributed by atoms with Crippen molar-refractivity contribution in [2.45, 2.75) is 17.9 Å². The van der Waals surface area contributed by atoms with E-state index in [0.29, 0.717) is 5.56 Å². The first-order chi connectivity index (χ1) is 11.8. The summed E-state index contributed by atoms with van der Waals surface area (Å²) < 4.78 is 30.6. The molecule has 0 radical (unpaired) electrons. The predicted octanol–water partition coefficient (Wildman–Crippen LogP) is 1.09. The van der Waals surface area contributed by atoms with E-state index in [1.165, 1.54) is 14.0 Å². The predicted molar refractivity (Wildman–Crippen MR) is 88.8 cm³/mol. The normalized spacial score (nSPS) is 12.6. The topological polar surface area (TPSA) is 126 Å². The van der Waals surface area contributed by atoms with Crippen molar-refractivity contribution < 1.29 is 27.5 Å². The van der Waals surface area contributed by atoms with Gasteiger partial charge in [-0.1, -0.05) is 30.3 Å². The monoisotopic (exact) mass is 366 g/mol. The lowest BCUT2D eigenvalue weighted by Gasteiger charge is -2.13. The van der Waals surface area contributed by atoms with Crippen LogP contribution in [0.5, 0.6) is 0 Å². The summed E-state index contributed by atoms with van der Waals surface area (Å²) in [4.78, 5) is 23.7. The maximum absolute atomic E-state index is 12.3. The van der Waals surface area contributed by atoms with Crippen LogP contribution in [0.15, 0.2) is 45.9 Å². The zero-order valence-electron chi connectivity index (χ0n) is 13.6. The molecule has 0 aliphatic carbocycles. The van der Waals surface area contributed by atoms with E-state index in [-0.39, 0.29) is 23.0 Å². The van der Waals surface area contributed by atoms with Crippen LogP contribution in [0.4, 0.5) is 0 Å². The van der Waals surface area contributed by atoms with Gasteiger partial charge in [-0.2, -0.15) is 0 Å². The van der Waals surface area contributed by atoms with E-state index in [2.05, 4.69) is 10.0 Å². The fourth-order valence-corrected chi connectivity index (χ4v) is 2.95. The molecule has 0 fully saturated rings. The number of amides is 1. The molecule has 1 aromatic carbocycles. The number of nitrogens with one attached hydrogen (secondary N) is 2. The second kappa shape index (κ2) is 7.49. The molecule has 8 nitrogen and oxygen atoms in total. The Balaban J connectivity index is 2.16. The molecule has 0 saturated carbocycles. The molecular weight excluding hydrogens is 348 g/mol. The van der Waals surface area contributed by atoms with Crippen molar-refractivity contribution in [2.75, 3.05) is 13.6 Å². The smallest absolute Gasteiger partial charge is 0.312 e. The molecule has 25 heavy (non-hydrogen) atoms. The molecule has 0 spiro atoms. The van der Waals surface area contributed by atoms with Gasteiger partial charge in [0.1, 0.15) is 5.76 Å². The highest BCUT2D eigenvalue weighted by Crippen LogP contribution is 2.20. The number of carboxylic acid groups (broad SMARTS) is 1. The van der Waals surface area contributed by atoms with Crippen molar-refractivity contribution in [1.29, 1.82) is 0 Å². The number of aliphatic carboxylic acids is 1. The third-order valence-corrected chi connectivity index (χ3v) is 4.91. The summed E-state index contributed by atoms with van der Waals surface area (Å²) in [5.41, 5.74) is 0.587. The number of sulfonamides is 1. The van der Waals surface area contributed by atoms with E-state index in [1.807, 2.05) is 0 Å². The van der Waals surface area contributed by atoms with Crippen LogP contribution < -0.4 is 10.0 Å². The minimum Gasteiger partial charge on any atom is -0.481 e. The molecule has 134 valence electrons. The first kappa shape index (κ1) is 18.7. The van der Waals surface area contributed by atoms with E-state index in [0.717, 1.165) is 6.07 Å². The Morgan fingerprint density at radius 1 is 1.24 bits per heavy atom. The Morgan fingerprint density at radius 2 is 1.88 bits per heavy atom. The van der Waals surface area contributed by atoms with E-state index >= 15 is 0 Å². The molecule has 0 bridgehead atoms. The summed E-state index contributed by atoms with van der Waals surface area (Å²) in [6.45, 7) is 1.31. The number of aryl methyl sites for hydroxylation is 1. The largest absolute Gasteiger partial charge is 0.481 e. The molecule has 0 aliphatic rings. The Labute approximate surface area is 144 Å². The summed E-state index contributed by atoms with van der Waals surface area (Å²) in [6, 6.07) is 9.61. The van der Waals surface area contributed by atoms with Crippen molar-refractivity contribution in [3.05, 3.63) is 53.3 Å². The fourth-order valence-electron chi connectivity index (χ4n) is 2.24. The van der Waals surface area contributed by atoms with E-state index in [1.54, 1.807) is 30.3 Å². The van der Waals surface area contributed by atoms with Crippen molar-refractivity contribution in [2.24, 2.45) is 0 Å². The van der Waals surface area contributed by atoms with Gasteiger partial charge < -0.3 is 14.8 Å². The Bertz CT molecular complexity index is 873. The fraction of sp³-hybridized carbons (Fsp3) is 0.250. The third kappa shape index (κ3) is 4.25. The molecular formula is C16H18N2O6S. The third-order valence-electron chi connectivity index (χ3n) is 3.64. The van der Waals surface area contributed by atoms with Crippen molar-refractivity contribution in [1.82, 2.24) is 10.0 Å². The maximum Gasteiger partial charge on any atom is 0.312 e. The number of hydrogen-bond acceptors (Lipinski definition) is 5. The van der Waals surface area contributed by atoms with Crippen LogP contribution in [0.3, 0.4) is 0 Å². The summed E-state index contributed by atoms with van der Waals surface area (Å²) in [5.74, 6) is -2.48. The van der Waals surface area contributed by atoms with Gasteiger partial charge in [0.25, 0.3) is 15.9 Å². The highest BCUT2D eigenvalue weighted by atomic mass is 32.2. The van der Waals surface area contributed by atoms with Crippen LogP contribution in [0, 0.1) is 6.92 Å². The van der Waals surface area contributed by atoms with Crippen molar-refractivity contribution in [3.63, 3.8) is 0 Å². The highest BCUT2D eigenvalue weighted by Gasteiger charge is 2.25. The molecule has 1 heterocycles. The number of rotatable bonds is 7. The first-order valence-electron chi connectivity index (χ1n) is 7.36. The molecule has 9 heteroatoms. The number of furan rings is 1.